The Bertz CT molecular complexity index is 467. The molecule has 19 heavy (non-hydrogen) atoms. The Balaban J connectivity index is 2.14. The predicted octanol–water partition coefficient (Wildman–Crippen LogP) is 3.19. The predicted molar refractivity (Wildman–Crippen MR) is 77.6 cm³/mol. The van der Waals surface area contributed by atoms with Crippen molar-refractivity contribution in [2.24, 2.45) is 5.73 Å². The van der Waals surface area contributed by atoms with Crippen LogP contribution in [0.15, 0.2) is 53.1 Å². The highest BCUT2D eigenvalue weighted by Gasteiger charge is 2.25. The fourth-order valence-corrected chi connectivity index (χ4v) is 2.41. The van der Waals surface area contributed by atoms with Crippen LogP contribution in [0.3, 0.4) is 0 Å². The van der Waals surface area contributed by atoms with Gasteiger partial charge in [-0.3, -0.25) is 4.90 Å². The molecule has 2 unspecified atom stereocenters. The van der Waals surface area contributed by atoms with Gasteiger partial charge in [0.2, 0.25) is 0 Å². The van der Waals surface area contributed by atoms with Crippen LogP contribution in [-0.2, 0) is 6.54 Å². The van der Waals surface area contributed by atoms with Gasteiger partial charge < -0.3 is 10.2 Å². The molecule has 1 aromatic carbocycles. The van der Waals surface area contributed by atoms with Crippen molar-refractivity contribution < 1.29 is 4.42 Å². The molecule has 2 aromatic rings. The lowest BCUT2D eigenvalue weighted by atomic mass is 10.0. The van der Waals surface area contributed by atoms with Gasteiger partial charge in [-0.1, -0.05) is 37.3 Å². The van der Waals surface area contributed by atoms with Crippen LogP contribution in [0.1, 0.15) is 30.7 Å². The van der Waals surface area contributed by atoms with Gasteiger partial charge in [0, 0.05) is 12.6 Å². The average Bonchev–Trinajstić information content (AvgIpc) is 2.93. The first-order valence-corrected chi connectivity index (χ1v) is 6.75. The molecule has 0 bridgehead atoms. The van der Waals surface area contributed by atoms with Gasteiger partial charge in [-0.2, -0.15) is 0 Å². The normalized spacial score (nSPS) is 14.5. The molecule has 0 spiro atoms. The number of furan rings is 1. The van der Waals surface area contributed by atoms with Crippen molar-refractivity contribution in [3.8, 4) is 0 Å². The van der Waals surface area contributed by atoms with Crippen LogP contribution < -0.4 is 5.73 Å². The van der Waals surface area contributed by atoms with E-state index in [4.69, 9.17) is 10.2 Å². The minimum Gasteiger partial charge on any atom is -0.468 e. The zero-order valence-electron chi connectivity index (χ0n) is 11.6. The summed E-state index contributed by atoms with van der Waals surface area (Å²) in [5, 5.41) is 0. The third-order valence-corrected chi connectivity index (χ3v) is 3.46. The number of likely N-dealkylation sites (N-methyl/N-ethyl adjacent to an activating group) is 1. The van der Waals surface area contributed by atoms with Crippen molar-refractivity contribution in [3.63, 3.8) is 0 Å². The largest absolute Gasteiger partial charge is 0.468 e. The molecule has 1 heterocycles. The summed E-state index contributed by atoms with van der Waals surface area (Å²) in [5.74, 6) is 0.938. The molecule has 1 aromatic heterocycles. The van der Waals surface area contributed by atoms with Crippen molar-refractivity contribution in [1.29, 1.82) is 0 Å². The summed E-state index contributed by atoms with van der Waals surface area (Å²) in [6.45, 7) is 2.97. The van der Waals surface area contributed by atoms with E-state index in [-0.39, 0.29) is 12.1 Å². The fraction of sp³-hybridized carbons (Fsp3) is 0.375. The summed E-state index contributed by atoms with van der Waals surface area (Å²) in [7, 11) is 2.09. The molecule has 2 atom stereocenters. The van der Waals surface area contributed by atoms with E-state index in [0.717, 1.165) is 18.7 Å². The molecule has 102 valence electrons. The Morgan fingerprint density at radius 2 is 1.89 bits per heavy atom. The van der Waals surface area contributed by atoms with Gasteiger partial charge in [0.1, 0.15) is 5.76 Å². The number of rotatable bonds is 6. The van der Waals surface area contributed by atoms with Crippen LogP contribution in [0.5, 0.6) is 0 Å². The second kappa shape index (κ2) is 6.55. The second-order valence-corrected chi connectivity index (χ2v) is 4.93. The highest BCUT2D eigenvalue weighted by atomic mass is 16.3. The Morgan fingerprint density at radius 1 is 1.16 bits per heavy atom. The molecular weight excluding hydrogens is 236 g/mol. The molecule has 3 nitrogen and oxygen atoms in total. The molecule has 0 saturated heterocycles. The van der Waals surface area contributed by atoms with E-state index in [1.54, 1.807) is 6.26 Å². The smallest absolute Gasteiger partial charge is 0.122 e. The Kier molecular flexibility index (Phi) is 4.77. The maximum atomic E-state index is 6.26. The lowest BCUT2D eigenvalue weighted by Gasteiger charge is -2.30. The molecule has 0 aliphatic carbocycles. The van der Waals surface area contributed by atoms with E-state index >= 15 is 0 Å². The number of hydrogen-bond acceptors (Lipinski definition) is 3. The molecule has 2 N–H and O–H groups in total. The third kappa shape index (κ3) is 3.46. The summed E-state index contributed by atoms with van der Waals surface area (Å²) in [6, 6.07) is 14.5. The number of benzene rings is 1. The molecule has 0 amide bonds. The first-order chi connectivity index (χ1) is 9.22. The Morgan fingerprint density at radius 3 is 2.47 bits per heavy atom. The summed E-state index contributed by atoms with van der Waals surface area (Å²) in [4.78, 5) is 2.25. The van der Waals surface area contributed by atoms with Gasteiger partial charge in [-0.25, -0.2) is 0 Å². The van der Waals surface area contributed by atoms with Crippen LogP contribution in [0.2, 0.25) is 0 Å². The van der Waals surface area contributed by atoms with E-state index in [0.29, 0.717) is 0 Å². The van der Waals surface area contributed by atoms with Crippen LogP contribution in [0.25, 0.3) is 0 Å². The maximum Gasteiger partial charge on any atom is 0.122 e. The molecule has 0 radical (unpaired) electrons. The Hall–Kier alpha value is -1.58. The zero-order valence-corrected chi connectivity index (χ0v) is 11.6. The Labute approximate surface area is 115 Å². The van der Waals surface area contributed by atoms with Gasteiger partial charge in [-0.15, -0.1) is 0 Å². The highest BCUT2D eigenvalue weighted by Crippen LogP contribution is 2.25. The van der Waals surface area contributed by atoms with Crippen molar-refractivity contribution in [2.75, 3.05) is 7.05 Å². The average molecular weight is 258 g/mol. The van der Waals surface area contributed by atoms with Crippen molar-refractivity contribution in [1.82, 2.24) is 4.90 Å². The zero-order chi connectivity index (χ0) is 13.7. The highest BCUT2D eigenvalue weighted by molar-refractivity contribution is 5.15. The van der Waals surface area contributed by atoms with Crippen LogP contribution >= 0.6 is 0 Å². The lowest BCUT2D eigenvalue weighted by molar-refractivity contribution is 0.176. The van der Waals surface area contributed by atoms with E-state index < -0.39 is 0 Å². The topological polar surface area (TPSA) is 42.4 Å². The number of nitrogens with two attached hydrogens (primary N) is 1. The molecule has 0 aliphatic rings. The fourth-order valence-electron chi connectivity index (χ4n) is 2.41. The summed E-state index contributed by atoms with van der Waals surface area (Å²) in [6.07, 6.45) is 2.63. The van der Waals surface area contributed by atoms with Gasteiger partial charge in [-0.05, 0) is 31.2 Å². The van der Waals surface area contributed by atoms with Crippen molar-refractivity contribution in [2.45, 2.75) is 32.0 Å². The van der Waals surface area contributed by atoms with Gasteiger partial charge in [0.05, 0.1) is 12.3 Å². The molecule has 3 heteroatoms. The molecule has 0 saturated carbocycles. The summed E-state index contributed by atoms with van der Waals surface area (Å²) >= 11 is 0. The quantitative estimate of drug-likeness (QED) is 0.865. The molecule has 0 fully saturated rings. The number of nitrogens with zero attached hydrogens (tertiary/aromatic N) is 1. The maximum absolute atomic E-state index is 6.26. The minimum atomic E-state index is 0.0693. The number of hydrogen-bond donors (Lipinski definition) is 1. The van der Waals surface area contributed by atoms with Crippen LogP contribution in [-0.4, -0.2) is 18.0 Å². The molecule has 0 aliphatic heterocycles. The third-order valence-electron chi connectivity index (χ3n) is 3.46. The molecule has 2 rings (SSSR count). The van der Waals surface area contributed by atoms with E-state index in [2.05, 4.69) is 43.1 Å². The SMILES string of the molecule is CCC(N)C(c1ccco1)N(C)Cc1ccccc1. The van der Waals surface area contributed by atoms with Gasteiger partial charge in [0.15, 0.2) is 0 Å². The molecular formula is C16H22N2O. The summed E-state index contributed by atoms with van der Waals surface area (Å²) in [5.41, 5.74) is 7.54. The summed E-state index contributed by atoms with van der Waals surface area (Å²) < 4.78 is 5.56. The van der Waals surface area contributed by atoms with Gasteiger partial charge in [0.25, 0.3) is 0 Å². The van der Waals surface area contributed by atoms with E-state index in [9.17, 15) is 0 Å². The first-order valence-electron chi connectivity index (χ1n) is 6.75. The van der Waals surface area contributed by atoms with Gasteiger partial charge >= 0.3 is 0 Å². The lowest BCUT2D eigenvalue weighted by Crippen LogP contribution is -2.38. The standard InChI is InChI=1S/C16H22N2O/c1-3-14(17)16(15-10-7-11-19-15)18(2)12-13-8-5-4-6-9-13/h4-11,14,16H,3,12,17H2,1-2H3. The minimum absolute atomic E-state index is 0.0693. The second-order valence-electron chi connectivity index (χ2n) is 4.93. The first kappa shape index (κ1) is 13.8. The van der Waals surface area contributed by atoms with Crippen molar-refractivity contribution >= 4 is 0 Å². The van der Waals surface area contributed by atoms with E-state index in [1.807, 2.05) is 18.2 Å². The van der Waals surface area contributed by atoms with Crippen LogP contribution in [0, 0.1) is 0 Å². The van der Waals surface area contributed by atoms with Crippen molar-refractivity contribution in [3.05, 3.63) is 60.1 Å². The van der Waals surface area contributed by atoms with Crippen LogP contribution in [0.4, 0.5) is 0 Å². The monoisotopic (exact) mass is 258 g/mol. The van der Waals surface area contributed by atoms with E-state index in [1.165, 1.54) is 5.56 Å².